The summed E-state index contributed by atoms with van der Waals surface area (Å²) >= 11 is 0. The maximum atomic E-state index is 13.2. The summed E-state index contributed by atoms with van der Waals surface area (Å²) in [6, 6.07) is 17.1. The number of carbonyl (C=O) groups excluding carboxylic acids is 1. The van der Waals surface area contributed by atoms with Crippen molar-refractivity contribution in [1.82, 2.24) is 10.2 Å². The molecule has 0 aromatic heterocycles. The highest BCUT2D eigenvalue weighted by atomic mass is 32.2. The van der Waals surface area contributed by atoms with Crippen LogP contribution in [0.4, 0.5) is 10.5 Å². The van der Waals surface area contributed by atoms with Crippen LogP contribution in [0, 0.1) is 0 Å². The minimum absolute atomic E-state index is 0.105. The van der Waals surface area contributed by atoms with Crippen molar-refractivity contribution in [3.05, 3.63) is 82.9 Å². The third kappa shape index (κ3) is 6.42. The summed E-state index contributed by atoms with van der Waals surface area (Å²) in [6.07, 6.45) is 0.910. The maximum Gasteiger partial charge on any atom is 0.319 e. The number of likely N-dealkylation sites (N-methyl/N-ethyl adjacent to an activating group) is 1. The summed E-state index contributed by atoms with van der Waals surface area (Å²) in [5, 5.41) is 5.62. The average molecular weight is 524 g/mol. The molecule has 2 amide bonds. The second-order valence-corrected chi connectivity index (χ2v) is 11.3. The van der Waals surface area contributed by atoms with Gasteiger partial charge in [0.2, 0.25) is 0 Å². The summed E-state index contributed by atoms with van der Waals surface area (Å²) in [6.45, 7) is 3.70. The first kappa shape index (κ1) is 26.5. The van der Waals surface area contributed by atoms with Crippen LogP contribution in [0.2, 0.25) is 0 Å². The fraction of sp³-hybridized carbons (Fsp3) is 0.321. The minimum Gasteiger partial charge on any atom is -0.497 e. The topological polar surface area (TPSA) is 97.0 Å². The standard InChI is InChI=1S/C28H33N3O5S/c1-19(21-7-9-24(35-3)10-8-21)29-28(32)30-26-12-11-25(16-27(26)36-4)37(33,34)18-20-5-6-23-17-31(2)14-13-22(23)15-20/h5-12,15-16,19H,13-14,17-18H2,1-4H3,(H2,29,30,32). The second-order valence-electron chi connectivity index (χ2n) is 9.31. The van der Waals surface area contributed by atoms with Crippen molar-refractivity contribution in [2.75, 3.05) is 33.1 Å². The van der Waals surface area contributed by atoms with Crippen LogP contribution in [0.1, 0.15) is 35.2 Å². The molecule has 0 radical (unpaired) electrons. The Morgan fingerprint density at radius 3 is 2.46 bits per heavy atom. The predicted octanol–water partition coefficient (Wildman–Crippen LogP) is 4.55. The molecule has 0 aliphatic carbocycles. The SMILES string of the molecule is COc1ccc(C(C)NC(=O)Nc2ccc(S(=O)(=O)Cc3ccc4c(c3)CCN(C)C4)cc2OC)cc1. The Labute approximate surface area is 218 Å². The first-order valence-electron chi connectivity index (χ1n) is 12.1. The highest BCUT2D eigenvalue weighted by Gasteiger charge is 2.21. The third-order valence-electron chi connectivity index (χ3n) is 6.57. The zero-order valence-corrected chi connectivity index (χ0v) is 22.4. The van der Waals surface area contributed by atoms with Gasteiger partial charge >= 0.3 is 6.03 Å². The number of hydrogen-bond donors (Lipinski definition) is 2. The monoisotopic (exact) mass is 523 g/mol. The lowest BCUT2D eigenvalue weighted by Crippen LogP contribution is -2.31. The van der Waals surface area contributed by atoms with Crippen LogP contribution in [0.15, 0.2) is 65.6 Å². The molecule has 196 valence electrons. The van der Waals surface area contributed by atoms with Gasteiger partial charge in [-0.2, -0.15) is 0 Å². The van der Waals surface area contributed by atoms with E-state index in [0.717, 1.165) is 36.4 Å². The number of anilines is 1. The average Bonchev–Trinajstić information content (AvgIpc) is 2.88. The van der Waals surface area contributed by atoms with Crippen LogP contribution in [0.25, 0.3) is 0 Å². The molecule has 0 saturated heterocycles. The van der Waals surface area contributed by atoms with E-state index in [-0.39, 0.29) is 22.4 Å². The number of rotatable bonds is 8. The van der Waals surface area contributed by atoms with Gasteiger partial charge in [0, 0.05) is 19.2 Å². The molecule has 1 heterocycles. The molecule has 0 fully saturated rings. The van der Waals surface area contributed by atoms with E-state index in [1.165, 1.54) is 30.4 Å². The summed E-state index contributed by atoms with van der Waals surface area (Å²) in [4.78, 5) is 15.0. The van der Waals surface area contributed by atoms with E-state index in [1.54, 1.807) is 13.2 Å². The number of sulfone groups is 1. The van der Waals surface area contributed by atoms with Crippen molar-refractivity contribution in [2.24, 2.45) is 0 Å². The normalized spacial score (nSPS) is 14.4. The number of methoxy groups -OCH3 is 2. The van der Waals surface area contributed by atoms with Gasteiger partial charge in [0.15, 0.2) is 9.84 Å². The molecule has 37 heavy (non-hydrogen) atoms. The van der Waals surface area contributed by atoms with Crippen LogP contribution in [-0.4, -0.2) is 47.2 Å². The Bertz CT molecular complexity index is 1370. The lowest BCUT2D eigenvalue weighted by atomic mass is 9.98. The molecule has 9 heteroatoms. The molecule has 1 aliphatic rings. The number of nitrogens with zero attached hydrogens (tertiary/aromatic N) is 1. The molecule has 1 unspecified atom stereocenters. The molecule has 3 aromatic carbocycles. The van der Waals surface area contributed by atoms with Gasteiger partial charge in [-0.1, -0.05) is 30.3 Å². The van der Waals surface area contributed by atoms with Crippen molar-refractivity contribution >= 4 is 21.6 Å². The Balaban J connectivity index is 1.44. The quantitative estimate of drug-likeness (QED) is 0.450. The van der Waals surface area contributed by atoms with Gasteiger partial charge in [0.25, 0.3) is 0 Å². The second kappa shape index (κ2) is 11.2. The van der Waals surface area contributed by atoms with E-state index in [9.17, 15) is 13.2 Å². The maximum absolute atomic E-state index is 13.2. The molecule has 1 aliphatic heterocycles. The zero-order chi connectivity index (χ0) is 26.6. The molecule has 2 N–H and O–H groups in total. The third-order valence-corrected chi connectivity index (χ3v) is 8.26. The molecule has 8 nitrogen and oxygen atoms in total. The number of benzene rings is 3. The summed E-state index contributed by atoms with van der Waals surface area (Å²) < 4.78 is 37.0. The van der Waals surface area contributed by atoms with Gasteiger partial charge in [-0.15, -0.1) is 0 Å². The Morgan fingerprint density at radius 1 is 1.00 bits per heavy atom. The van der Waals surface area contributed by atoms with Crippen LogP contribution >= 0.6 is 0 Å². The summed E-state index contributed by atoms with van der Waals surface area (Å²) in [5.74, 6) is 0.896. The molecule has 4 rings (SSSR count). The Kier molecular flexibility index (Phi) is 8.04. The number of ether oxygens (including phenoxy) is 2. The van der Waals surface area contributed by atoms with Crippen molar-refractivity contribution in [2.45, 2.75) is 36.6 Å². The van der Waals surface area contributed by atoms with Crippen molar-refractivity contribution < 1.29 is 22.7 Å². The van der Waals surface area contributed by atoms with E-state index in [1.807, 2.05) is 49.4 Å². The largest absolute Gasteiger partial charge is 0.497 e. The fourth-order valence-corrected chi connectivity index (χ4v) is 5.79. The minimum atomic E-state index is -3.62. The summed E-state index contributed by atoms with van der Waals surface area (Å²) in [5.41, 5.74) is 4.50. The number of fused-ring (bicyclic) bond motifs is 1. The zero-order valence-electron chi connectivity index (χ0n) is 21.6. The van der Waals surface area contributed by atoms with Gasteiger partial charge in [0.05, 0.1) is 36.6 Å². The molecular weight excluding hydrogens is 490 g/mol. The van der Waals surface area contributed by atoms with E-state index in [2.05, 4.69) is 22.6 Å². The van der Waals surface area contributed by atoms with Crippen LogP contribution in [-0.2, 0) is 28.6 Å². The van der Waals surface area contributed by atoms with Gasteiger partial charge in [-0.05, 0) is 66.9 Å². The Hall–Kier alpha value is -3.56. The lowest BCUT2D eigenvalue weighted by molar-refractivity contribution is 0.249. The number of amides is 2. The van der Waals surface area contributed by atoms with E-state index < -0.39 is 15.9 Å². The highest BCUT2D eigenvalue weighted by Crippen LogP contribution is 2.30. The van der Waals surface area contributed by atoms with E-state index >= 15 is 0 Å². The van der Waals surface area contributed by atoms with Gasteiger partial charge in [-0.25, -0.2) is 13.2 Å². The van der Waals surface area contributed by atoms with Crippen molar-refractivity contribution in [3.8, 4) is 11.5 Å². The Morgan fingerprint density at radius 2 is 1.76 bits per heavy atom. The van der Waals surface area contributed by atoms with E-state index in [0.29, 0.717) is 5.69 Å². The first-order valence-corrected chi connectivity index (χ1v) is 13.7. The molecule has 0 spiro atoms. The molecule has 3 aromatic rings. The van der Waals surface area contributed by atoms with Gasteiger partial charge < -0.3 is 25.0 Å². The molecule has 0 bridgehead atoms. The van der Waals surface area contributed by atoms with Crippen LogP contribution < -0.4 is 20.1 Å². The van der Waals surface area contributed by atoms with Crippen LogP contribution in [0.3, 0.4) is 0 Å². The van der Waals surface area contributed by atoms with Crippen LogP contribution in [0.5, 0.6) is 11.5 Å². The van der Waals surface area contributed by atoms with Crippen molar-refractivity contribution in [1.29, 1.82) is 0 Å². The number of hydrogen-bond acceptors (Lipinski definition) is 6. The molecule has 0 saturated carbocycles. The number of nitrogens with one attached hydrogen (secondary N) is 2. The smallest absolute Gasteiger partial charge is 0.319 e. The molecule has 1 atom stereocenters. The number of urea groups is 1. The predicted molar refractivity (Wildman–Crippen MR) is 144 cm³/mol. The fourth-order valence-electron chi connectivity index (χ4n) is 4.44. The number of carbonyl (C=O) groups is 1. The van der Waals surface area contributed by atoms with E-state index in [4.69, 9.17) is 9.47 Å². The molecular formula is C28H33N3O5S. The first-order chi connectivity index (χ1) is 17.7. The van der Waals surface area contributed by atoms with Gasteiger partial charge in [-0.3, -0.25) is 0 Å². The lowest BCUT2D eigenvalue weighted by Gasteiger charge is -2.25. The van der Waals surface area contributed by atoms with Crippen molar-refractivity contribution in [3.63, 3.8) is 0 Å². The summed E-state index contributed by atoms with van der Waals surface area (Å²) in [7, 11) is 1.50. The highest BCUT2D eigenvalue weighted by molar-refractivity contribution is 7.90. The van der Waals surface area contributed by atoms with Gasteiger partial charge in [0.1, 0.15) is 11.5 Å².